The number of ether oxygens (including phenoxy) is 1. The lowest BCUT2D eigenvalue weighted by molar-refractivity contribution is -0.128. The maximum Gasteiger partial charge on any atom is 0.363 e. The molecule has 2 heterocycles. The third kappa shape index (κ3) is 3.71. The number of carbonyl (C=O) groups is 2. The van der Waals surface area contributed by atoms with E-state index in [4.69, 9.17) is 4.74 Å². The van der Waals surface area contributed by atoms with Gasteiger partial charge >= 0.3 is 5.97 Å². The second-order valence-corrected chi connectivity index (χ2v) is 6.67. The summed E-state index contributed by atoms with van der Waals surface area (Å²) in [5.41, 5.74) is 2.63. The van der Waals surface area contributed by atoms with E-state index in [1.54, 1.807) is 24.4 Å². The predicted molar refractivity (Wildman–Crippen MR) is 93.1 cm³/mol. The molecule has 124 valence electrons. The van der Waals surface area contributed by atoms with Gasteiger partial charge in [-0.25, -0.2) is 9.78 Å². The fourth-order valence-corrected chi connectivity index (χ4v) is 3.15. The van der Waals surface area contributed by atoms with Gasteiger partial charge in [-0.15, -0.1) is 11.3 Å². The number of nitrogens with zero attached hydrogens (tertiary/aromatic N) is 2. The molecule has 1 aromatic carbocycles. The van der Waals surface area contributed by atoms with Gasteiger partial charge < -0.3 is 9.64 Å². The van der Waals surface area contributed by atoms with Gasteiger partial charge in [0.2, 0.25) is 5.91 Å². The van der Waals surface area contributed by atoms with Crippen LogP contribution in [0.4, 0.5) is 0 Å². The molecule has 1 aliphatic rings. The highest BCUT2D eigenvalue weighted by Crippen LogP contribution is 2.25. The molecular weight excluding hydrogens is 324 g/mol. The first-order valence-corrected chi connectivity index (χ1v) is 8.60. The molecule has 3 rings (SSSR count). The van der Waals surface area contributed by atoms with Crippen molar-refractivity contribution in [2.24, 2.45) is 0 Å². The van der Waals surface area contributed by atoms with Gasteiger partial charge in [0, 0.05) is 25.4 Å². The van der Waals surface area contributed by atoms with Crippen LogP contribution in [0.1, 0.15) is 34.4 Å². The zero-order valence-electron chi connectivity index (χ0n) is 13.6. The lowest BCUT2D eigenvalue weighted by atomic mass is 9.99. The van der Waals surface area contributed by atoms with Crippen molar-refractivity contribution in [3.63, 3.8) is 0 Å². The van der Waals surface area contributed by atoms with E-state index in [1.807, 2.05) is 24.0 Å². The number of benzene rings is 1. The van der Waals surface area contributed by atoms with Crippen molar-refractivity contribution < 1.29 is 14.3 Å². The second kappa shape index (κ2) is 6.97. The summed E-state index contributed by atoms with van der Waals surface area (Å²) in [6.45, 7) is 4.82. The van der Waals surface area contributed by atoms with Crippen molar-refractivity contribution >= 4 is 28.8 Å². The summed E-state index contributed by atoms with van der Waals surface area (Å²) < 4.78 is 5.34. The normalized spacial score (nSPS) is 14.2. The van der Waals surface area contributed by atoms with Gasteiger partial charge in [-0.3, -0.25) is 4.79 Å². The van der Waals surface area contributed by atoms with Crippen LogP contribution < -0.4 is 4.74 Å². The van der Waals surface area contributed by atoms with E-state index in [0.29, 0.717) is 18.0 Å². The Labute approximate surface area is 144 Å². The molecule has 5 nitrogen and oxygen atoms in total. The molecule has 0 saturated heterocycles. The van der Waals surface area contributed by atoms with Gasteiger partial charge in [0.05, 0.1) is 5.01 Å². The molecule has 24 heavy (non-hydrogen) atoms. The molecule has 0 bridgehead atoms. The molecule has 1 aromatic heterocycles. The Hall–Kier alpha value is -2.47. The minimum absolute atomic E-state index is 0.102. The molecule has 1 amide bonds. The fourth-order valence-electron chi connectivity index (χ4n) is 2.57. The van der Waals surface area contributed by atoms with E-state index < -0.39 is 5.97 Å². The molecule has 0 fully saturated rings. The van der Waals surface area contributed by atoms with Gasteiger partial charge in [0.15, 0.2) is 5.69 Å². The molecule has 6 heteroatoms. The first kappa shape index (κ1) is 16.4. The van der Waals surface area contributed by atoms with E-state index in [2.05, 4.69) is 11.1 Å². The molecule has 0 saturated carbocycles. The van der Waals surface area contributed by atoms with Crippen LogP contribution >= 0.6 is 11.3 Å². The largest absolute Gasteiger partial charge is 0.422 e. The van der Waals surface area contributed by atoms with Crippen LogP contribution in [-0.2, 0) is 4.79 Å². The molecule has 0 atom stereocenters. The standard InChI is InChI=1S/C18H18N2O3S/c1-12-19-17(11-24-12)18(22)23-16-5-3-14(4-6-16)15-7-9-20(10-8-15)13(2)21/h3-7,11H,8-10H2,1-2H3. The van der Waals surface area contributed by atoms with Gasteiger partial charge in [-0.05, 0) is 36.6 Å². The van der Waals surface area contributed by atoms with Crippen LogP contribution in [0.15, 0.2) is 35.7 Å². The van der Waals surface area contributed by atoms with Crippen molar-refractivity contribution in [1.82, 2.24) is 9.88 Å². The molecular formula is C18H18N2O3S. The van der Waals surface area contributed by atoms with E-state index in [0.717, 1.165) is 23.5 Å². The first-order valence-electron chi connectivity index (χ1n) is 7.72. The highest BCUT2D eigenvalue weighted by atomic mass is 32.1. The Balaban J connectivity index is 1.65. The lowest BCUT2D eigenvalue weighted by Gasteiger charge is -2.25. The number of carbonyl (C=O) groups excluding carboxylic acids is 2. The quantitative estimate of drug-likeness (QED) is 0.634. The Morgan fingerprint density at radius 3 is 2.54 bits per heavy atom. The number of hydrogen-bond donors (Lipinski definition) is 0. The van der Waals surface area contributed by atoms with Crippen molar-refractivity contribution in [2.75, 3.05) is 13.1 Å². The summed E-state index contributed by atoms with van der Waals surface area (Å²) in [4.78, 5) is 29.3. The molecule has 0 aliphatic carbocycles. The van der Waals surface area contributed by atoms with Crippen molar-refractivity contribution in [3.8, 4) is 5.75 Å². The smallest absolute Gasteiger partial charge is 0.363 e. The average molecular weight is 342 g/mol. The Kier molecular flexibility index (Phi) is 4.76. The zero-order chi connectivity index (χ0) is 17.1. The van der Waals surface area contributed by atoms with Crippen LogP contribution in [-0.4, -0.2) is 34.8 Å². The number of hydrogen-bond acceptors (Lipinski definition) is 5. The highest BCUT2D eigenvalue weighted by Gasteiger charge is 2.15. The van der Waals surface area contributed by atoms with Crippen LogP contribution in [0.3, 0.4) is 0 Å². The maximum atomic E-state index is 12.0. The number of esters is 1. The van der Waals surface area contributed by atoms with Crippen LogP contribution in [0.5, 0.6) is 5.75 Å². The molecule has 0 unspecified atom stereocenters. The molecule has 0 radical (unpaired) electrons. The van der Waals surface area contributed by atoms with Crippen molar-refractivity contribution in [1.29, 1.82) is 0 Å². The Morgan fingerprint density at radius 1 is 1.25 bits per heavy atom. The third-order valence-electron chi connectivity index (χ3n) is 3.92. The molecule has 0 spiro atoms. The number of amides is 1. The number of aryl methyl sites for hydroxylation is 1. The minimum Gasteiger partial charge on any atom is -0.422 e. The topological polar surface area (TPSA) is 59.5 Å². The van der Waals surface area contributed by atoms with Crippen LogP contribution in [0, 0.1) is 6.92 Å². The summed E-state index contributed by atoms with van der Waals surface area (Å²) in [6.07, 6.45) is 2.90. The Morgan fingerprint density at radius 2 is 2.00 bits per heavy atom. The van der Waals surface area contributed by atoms with E-state index in [1.165, 1.54) is 16.9 Å². The summed E-state index contributed by atoms with van der Waals surface area (Å²) >= 11 is 1.42. The highest BCUT2D eigenvalue weighted by molar-refractivity contribution is 7.09. The van der Waals surface area contributed by atoms with Crippen molar-refractivity contribution in [3.05, 3.63) is 52.0 Å². The third-order valence-corrected chi connectivity index (χ3v) is 4.69. The van der Waals surface area contributed by atoms with Crippen LogP contribution in [0.25, 0.3) is 5.57 Å². The fraction of sp³-hybridized carbons (Fsp3) is 0.278. The SMILES string of the molecule is CC(=O)N1CC=C(c2ccc(OC(=O)c3csc(C)n3)cc2)CC1. The Bertz CT molecular complexity index is 793. The van der Waals surface area contributed by atoms with Crippen molar-refractivity contribution in [2.45, 2.75) is 20.3 Å². The van der Waals surface area contributed by atoms with Gasteiger partial charge in [-0.2, -0.15) is 0 Å². The molecule has 0 N–H and O–H groups in total. The summed E-state index contributed by atoms with van der Waals surface area (Å²) in [6, 6.07) is 7.43. The van der Waals surface area contributed by atoms with E-state index in [-0.39, 0.29) is 5.91 Å². The van der Waals surface area contributed by atoms with Gasteiger partial charge in [0.1, 0.15) is 5.75 Å². The second-order valence-electron chi connectivity index (χ2n) is 5.61. The molecule has 1 aliphatic heterocycles. The monoisotopic (exact) mass is 342 g/mol. The minimum atomic E-state index is -0.443. The van der Waals surface area contributed by atoms with Gasteiger partial charge in [0.25, 0.3) is 0 Å². The number of aromatic nitrogens is 1. The average Bonchev–Trinajstić information content (AvgIpc) is 3.02. The first-order chi connectivity index (χ1) is 11.5. The predicted octanol–water partition coefficient (Wildman–Crippen LogP) is 3.31. The maximum absolute atomic E-state index is 12.0. The van der Waals surface area contributed by atoms with Gasteiger partial charge in [-0.1, -0.05) is 18.2 Å². The van der Waals surface area contributed by atoms with E-state index >= 15 is 0 Å². The lowest BCUT2D eigenvalue weighted by Crippen LogP contribution is -2.32. The summed E-state index contributed by atoms with van der Waals surface area (Å²) in [7, 11) is 0. The summed E-state index contributed by atoms with van der Waals surface area (Å²) in [5.74, 6) is 0.155. The van der Waals surface area contributed by atoms with Crippen LogP contribution in [0.2, 0.25) is 0 Å². The number of rotatable bonds is 3. The summed E-state index contributed by atoms with van der Waals surface area (Å²) in [5, 5.41) is 2.53. The van der Waals surface area contributed by atoms with E-state index in [9.17, 15) is 9.59 Å². The molecule has 2 aromatic rings. The number of thiazole rings is 1. The zero-order valence-corrected chi connectivity index (χ0v) is 14.4.